The molecule has 2 rings (SSSR count). The zero-order chi connectivity index (χ0) is 12.3. The molecule has 0 amide bonds. The molecule has 0 saturated carbocycles. The number of hydrogen-bond donors (Lipinski definition) is 1. The molecule has 0 spiro atoms. The first-order chi connectivity index (χ1) is 8.05. The molecule has 17 heavy (non-hydrogen) atoms. The number of nitrogens with one attached hydrogen (secondary N) is 1. The van der Waals surface area contributed by atoms with Gasteiger partial charge in [-0.15, -0.1) is 0 Å². The molecule has 0 radical (unpaired) electrons. The van der Waals surface area contributed by atoms with Crippen LogP contribution in [-0.4, -0.2) is 24.8 Å². The molecule has 0 aliphatic carbocycles. The Bertz CT molecular complexity index is 361. The third kappa shape index (κ3) is 3.98. The summed E-state index contributed by atoms with van der Waals surface area (Å²) in [6.07, 6.45) is 2.17. The molecule has 1 aliphatic rings. The first kappa shape index (κ1) is 12.9. The summed E-state index contributed by atoms with van der Waals surface area (Å²) < 4.78 is 5.62. The minimum Gasteiger partial charge on any atom is -0.378 e. The van der Waals surface area contributed by atoms with Gasteiger partial charge in [0, 0.05) is 16.6 Å². The standard InChI is InChI=1S/C14H20ClNO/c1-14(2)10-17-9-13(16-14)8-5-11-3-6-12(15)7-4-11/h3-4,6-7,13,16H,5,8-10H2,1-2H3. The van der Waals surface area contributed by atoms with E-state index in [1.807, 2.05) is 12.1 Å². The maximum Gasteiger partial charge on any atom is 0.0643 e. The summed E-state index contributed by atoms with van der Waals surface area (Å²) in [5.74, 6) is 0. The monoisotopic (exact) mass is 253 g/mol. The lowest BCUT2D eigenvalue weighted by Gasteiger charge is -2.37. The molecule has 1 unspecified atom stereocenters. The van der Waals surface area contributed by atoms with Gasteiger partial charge in [-0.2, -0.15) is 0 Å². The van der Waals surface area contributed by atoms with Gasteiger partial charge in [0.2, 0.25) is 0 Å². The zero-order valence-corrected chi connectivity index (χ0v) is 11.3. The molecule has 3 heteroatoms. The van der Waals surface area contributed by atoms with E-state index in [2.05, 4.69) is 31.3 Å². The summed E-state index contributed by atoms with van der Waals surface area (Å²) >= 11 is 5.87. The van der Waals surface area contributed by atoms with Crippen LogP contribution in [0, 0.1) is 0 Å². The Hall–Kier alpha value is -0.570. The van der Waals surface area contributed by atoms with Crippen LogP contribution in [-0.2, 0) is 11.2 Å². The van der Waals surface area contributed by atoms with Crippen LogP contribution in [0.2, 0.25) is 5.02 Å². The molecule has 1 fully saturated rings. The second-order valence-electron chi connectivity index (χ2n) is 5.41. The van der Waals surface area contributed by atoms with Crippen LogP contribution in [0.5, 0.6) is 0 Å². The number of aryl methyl sites for hydroxylation is 1. The molecule has 0 aromatic heterocycles. The Kier molecular flexibility index (Phi) is 4.08. The first-order valence-electron chi connectivity index (χ1n) is 6.15. The van der Waals surface area contributed by atoms with Crippen molar-refractivity contribution in [2.45, 2.75) is 38.3 Å². The van der Waals surface area contributed by atoms with Crippen LogP contribution in [0.1, 0.15) is 25.8 Å². The van der Waals surface area contributed by atoms with Gasteiger partial charge < -0.3 is 10.1 Å². The van der Waals surface area contributed by atoms with Crippen LogP contribution < -0.4 is 5.32 Å². The highest BCUT2D eigenvalue weighted by Crippen LogP contribution is 2.16. The summed E-state index contributed by atoms with van der Waals surface area (Å²) in [5.41, 5.74) is 1.43. The normalized spacial score (nSPS) is 23.6. The van der Waals surface area contributed by atoms with E-state index in [0.29, 0.717) is 6.04 Å². The van der Waals surface area contributed by atoms with Crippen LogP contribution in [0.15, 0.2) is 24.3 Å². The lowest BCUT2D eigenvalue weighted by Crippen LogP contribution is -2.55. The lowest BCUT2D eigenvalue weighted by molar-refractivity contribution is 0.0113. The second kappa shape index (κ2) is 5.38. The van der Waals surface area contributed by atoms with Crippen molar-refractivity contribution in [3.63, 3.8) is 0 Å². The van der Waals surface area contributed by atoms with Gasteiger partial charge in [0.15, 0.2) is 0 Å². The Balaban J connectivity index is 1.84. The molecular formula is C14H20ClNO. The van der Waals surface area contributed by atoms with Gasteiger partial charge in [-0.25, -0.2) is 0 Å². The minimum absolute atomic E-state index is 0.100. The second-order valence-corrected chi connectivity index (χ2v) is 5.84. The van der Waals surface area contributed by atoms with Gasteiger partial charge in [-0.05, 0) is 44.4 Å². The average Bonchev–Trinajstić information content (AvgIpc) is 2.27. The predicted octanol–water partition coefficient (Wildman–Crippen LogP) is 3.04. The molecule has 94 valence electrons. The van der Waals surface area contributed by atoms with Crippen molar-refractivity contribution in [3.05, 3.63) is 34.9 Å². The van der Waals surface area contributed by atoms with Gasteiger partial charge >= 0.3 is 0 Å². The first-order valence-corrected chi connectivity index (χ1v) is 6.53. The Labute approximate surface area is 108 Å². The molecule has 1 N–H and O–H groups in total. The molecule has 1 aromatic rings. The van der Waals surface area contributed by atoms with Crippen molar-refractivity contribution in [2.24, 2.45) is 0 Å². The van der Waals surface area contributed by atoms with E-state index in [9.17, 15) is 0 Å². The SMILES string of the molecule is CC1(C)COCC(CCc2ccc(Cl)cc2)N1. The highest BCUT2D eigenvalue weighted by molar-refractivity contribution is 6.30. The van der Waals surface area contributed by atoms with Gasteiger partial charge in [-0.1, -0.05) is 23.7 Å². The fraction of sp³-hybridized carbons (Fsp3) is 0.571. The maximum absolute atomic E-state index is 5.87. The van der Waals surface area contributed by atoms with Crippen LogP contribution in [0.3, 0.4) is 0 Å². The third-order valence-electron chi connectivity index (χ3n) is 3.07. The number of ether oxygens (including phenoxy) is 1. The summed E-state index contributed by atoms with van der Waals surface area (Å²) in [5, 5.41) is 4.42. The zero-order valence-electron chi connectivity index (χ0n) is 10.5. The van der Waals surface area contributed by atoms with E-state index < -0.39 is 0 Å². The van der Waals surface area contributed by atoms with E-state index in [-0.39, 0.29) is 5.54 Å². The van der Waals surface area contributed by atoms with E-state index >= 15 is 0 Å². The quantitative estimate of drug-likeness (QED) is 0.894. The van der Waals surface area contributed by atoms with Crippen molar-refractivity contribution in [3.8, 4) is 0 Å². The Morgan fingerprint density at radius 1 is 1.35 bits per heavy atom. The van der Waals surface area contributed by atoms with E-state index in [4.69, 9.17) is 16.3 Å². The van der Waals surface area contributed by atoms with Gasteiger partial charge in [0.1, 0.15) is 0 Å². The average molecular weight is 254 g/mol. The summed E-state index contributed by atoms with van der Waals surface area (Å²) in [6, 6.07) is 8.54. The van der Waals surface area contributed by atoms with E-state index in [0.717, 1.165) is 31.1 Å². The smallest absolute Gasteiger partial charge is 0.0643 e. The molecule has 1 aliphatic heterocycles. The number of hydrogen-bond acceptors (Lipinski definition) is 2. The highest BCUT2D eigenvalue weighted by atomic mass is 35.5. The third-order valence-corrected chi connectivity index (χ3v) is 3.32. The van der Waals surface area contributed by atoms with Crippen molar-refractivity contribution in [2.75, 3.05) is 13.2 Å². The van der Waals surface area contributed by atoms with Crippen LogP contribution in [0.4, 0.5) is 0 Å². The summed E-state index contributed by atoms with van der Waals surface area (Å²) in [7, 11) is 0. The molecule has 1 aromatic carbocycles. The fourth-order valence-electron chi connectivity index (χ4n) is 2.24. The minimum atomic E-state index is 0.100. The molecule has 1 saturated heterocycles. The van der Waals surface area contributed by atoms with Crippen molar-refractivity contribution in [1.82, 2.24) is 5.32 Å². The summed E-state index contributed by atoms with van der Waals surface area (Å²) in [4.78, 5) is 0. The largest absolute Gasteiger partial charge is 0.378 e. The highest BCUT2D eigenvalue weighted by Gasteiger charge is 2.27. The number of benzene rings is 1. The lowest BCUT2D eigenvalue weighted by atomic mass is 9.99. The Morgan fingerprint density at radius 3 is 2.71 bits per heavy atom. The van der Waals surface area contributed by atoms with E-state index in [1.165, 1.54) is 5.56 Å². The van der Waals surface area contributed by atoms with Crippen molar-refractivity contribution < 1.29 is 4.74 Å². The molecule has 2 nitrogen and oxygen atoms in total. The molecular weight excluding hydrogens is 234 g/mol. The molecule has 1 atom stereocenters. The maximum atomic E-state index is 5.87. The van der Waals surface area contributed by atoms with Crippen LogP contribution >= 0.6 is 11.6 Å². The number of halogens is 1. The predicted molar refractivity (Wildman–Crippen MR) is 71.6 cm³/mol. The van der Waals surface area contributed by atoms with Gasteiger partial charge in [-0.3, -0.25) is 0 Å². The van der Waals surface area contributed by atoms with Gasteiger partial charge in [0.05, 0.1) is 13.2 Å². The fourth-order valence-corrected chi connectivity index (χ4v) is 2.37. The van der Waals surface area contributed by atoms with Gasteiger partial charge in [0.25, 0.3) is 0 Å². The topological polar surface area (TPSA) is 21.3 Å². The van der Waals surface area contributed by atoms with E-state index in [1.54, 1.807) is 0 Å². The Morgan fingerprint density at radius 2 is 2.06 bits per heavy atom. The molecule has 0 bridgehead atoms. The number of rotatable bonds is 3. The number of morpholine rings is 1. The van der Waals surface area contributed by atoms with Crippen molar-refractivity contribution >= 4 is 11.6 Å². The molecule has 1 heterocycles. The van der Waals surface area contributed by atoms with Crippen molar-refractivity contribution in [1.29, 1.82) is 0 Å². The summed E-state index contributed by atoms with van der Waals surface area (Å²) in [6.45, 7) is 5.98. The van der Waals surface area contributed by atoms with Crippen LogP contribution in [0.25, 0.3) is 0 Å².